The average Bonchev–Trinajstić information content (AvgIpc) is 3.00. The lowest BCUT2D eigenvalue weighted by Crippen LogP contribution is -2.30. The largest absolute Gasteiger partial charge is 0.243 e. The number of nitrogens with zero attached hydrogens (tertiary/aromatic N) is 1. The van der Waals surface area contributed by atoms with Crippen LogP contribution in [0, 0.1) is 13.8 Å². The highest BCUT2D eigenvalue weighted by Gasteiger charge is 2.37. The van der Waals surface area contributed by atoms with Crippen LogP contribution < -0.4 is 0 Å². The van der Waals surface area contributed by atoms with Gasteiger partial charge in [0, 0.05) is 11.6 Å². The van der Waals surface area contributed by atoms with Gasteiger partial charge in [-0.2, -0.15) is 4.31 Å². The van der Waals surface area contributed by atoms with Crippen LogP contribution in [0.2, 0.25) is 5.02 Å². The molecule has 0 amide bonds. The molecule has 5 heteroatoms. The second-order valence-electron chi connectivity index (χ2n) is 6.04. The molecule has 3 rings (SSSR count). The Bertz CT molecular complexity index is 833. The van der Waals surface area contributed by atoms with Crippen molar-refractivity contribution in [2.24, 2.45) is 0 Å². The summed E-state index contributed by atoms with van der Waals surface area (Å²) in [6.07, 6.45) is 1.65. The van der Waals surface area contributed by atoms with Crippen LogP contribution >= 0.6 is 11.6 Å². The Hall–Kier alpha value is -1.36. The molecule has 1 atom stereocenters. The predicted octanol–water partition coefficient (Wildman–Crippen LogP) is 4.48. The van der Waals surface area contributed by atoms with E-state index in [1.807, 2.05) is 44.2 Å². The first-order chi connectivity index (χ1) is 10.9. The predicted molar refractivity (Wildman–Crippen MR) is 93.2 cm³/mol. The zero-order chi connectivity index (χ0) is 16.6. The summed E-state index contributed by atoms with van der Waals surface area (Å²) in [4.78, 5) is 0.361. The molecule has 1 aliphatic heterocycles. The van der Waals surface area contributed by atoms with Gasteiger partial charge >= 0.3 is 0 Å². The first-order valence-electron chi connectivity index (χ1n) is 7.75. The minimum absolute atomic E-state index is 0.185. The number of hydrogen-bond donors (Lipinski definition) is 0. The molecule has 1 aliphatic rings. The van der Waals surface area contributed by atoms with Crippen LogP contribution in [-0.2, 0) is 10.0 Å². The highest BCUT2D eigenvalue weighted by molar-refractivity contribution is 7.89. The van der Waals surface area contributed by atoms with E-state index in [2.05, 4.69) is 0 Å². The molecule has 2 aromatic carbocycles. The Balaban J connectivity index is 2.01. The molecular formula is C18H20ClNO2S. The molecule has 1 unspecified atom stereocenters. The zero-order valence-electron chi connectivity index (χ0n) is 13.3. The van der Waals surface area contributed by atoms with E-state index < -0.39 is 10.0 Å². The fourth-order valence-corrected chi connectivity index (χ4v) is 5.12. The SMILES string of the molecule is Cc1ccc(S(=O)(=O)N2CCCC2c2ccccc2Cl)cc1C. The van der Waals surface area contributed by atoms with E-state index in [1.54, 1.807) is 16.4 Å². The third-order valence-corrected chi connectivity index (χ3v) is 6.80. The standard InChI is InChI=1S/C18H20ClNO2S/c1-13-9-10-15(12-14(13)2)23(21,22)20-11-5-8-18(20)16-6-3-4-7-17(16)19/h3-4,6-7,9-10,12,18H,5,8,11H2,1-2H3. The summed E-state index contributed by atoms with van der Waals surface area (Å²) in [5.41, 5.74) is 2.96. The highest BCUT2D eigenvalue weighted by atomic mass is 35.5. The van der Waals surface area contributed by atoms with Crippen molar-refractivity contribution in [3.63, 3.8) is 0 Å². The van der Waals surface area contributed by atoms with Crippen molar-refractivity contribution in [1.82, 2.24) is 4.31 Å². The van der Waals surface area contributed by atoms with Crippen LogP contribution in [0.15, 0.2) is 47.4 Å². The molecule has 0 N–H and O–H groups in total. The first kappa shape index (κ1) is 16.5. The molecule has 3 nitrogen and oxygen atoms in total. The van der Waals surface area contributed by atoms with Crippen molar-refractivity contribution >= 4 is 21.6 Å². The molecule has 0 radical (unpaired) electrons. The maximum atomic E-state index is 13.1. The van der Waals surface area contributed by atoms with Crippen molar-refractivity contribution < 1.29 is 8.42 Å². The van der Waals surface area contributed by atoms with E-state index in [4.69, 9.17) is 11.6 Å². The van der Waals surface area contributed by atoms with E-state index in [0.717, 1.165) is 29.5 Å². The Morgan fingerprint density at radius 1 is 1.09 bits per heavy atom. The highest BCUT2D eigenvalue weighted by Crippen LogP contribution is 2.39. The summed E-state index contributed by atoms with van der Waals surface area (Å²) >= 11 is 6.29. The Morgan fingerprint density at radius 2 is 1.83 bits per heavy atom. The summed E-state index contributed by atoms with van der Waals surface area (Å²) in [6.45, 7) is 4.45. The summed E-state index contributed by atoms with van der Waals surface area (Å²) in [5.74, 6) is 0. The normalized spacial score (nSPS) is 19.2. The Morgan fingerprint density at radius 3 is 2.52 bits per heavy atom. The van der Waals surface area contributed by atoms with Gasteiger partial charge in [0.2, 0.25) is 10.0 Å². The number of sulfonamides is 1. The van der Waals surface area contributed by atoms with E-state index in [0.29, 0.717) is 16.5 Å². The van der Waals surface area contributed by atoms with Gasteiger partial charge in [0.05, 0.1) is 10.9 Å². The number of hydrogen-bond acceptors (Lipinski definition) is 2. The lowest BCUT2D eigenvalue weighted by atomic mass is 10.1. The maximum Gasteiger partial charge on any atom is 0.243 e. The van der Waals surface area contributed by atoms with Gasteiger partial charge < -0.3 is 0 Å². The molecule has 1 saturated heterocycles. The summed E-state index contributed by atoms with van der Waals surface area (Å²) in [6, 6.07) is 12.6. The van der Waals surface area contributed by atoms with Gasteiger partial charge in [-0.3, -0.25) is 0 Å². The first-order valence-corrected chi connectivity index (χ1v) is 9.56. The lowest BCUT2D eigenvalue weighted by Gasteiger charge is -2.25. The smallest absolute Gasteiger partial charge is 0.207 e. The van der Waals surface area contributed by atoms with Crippen LogP contribution in [0.3, 0.4) is 0 Å². The van der Waals surface area contributed by atoms with Crippen molar-refractivity contribution in [2.75, 3.05) is 6.54 Å². The number of halogens is 1. The molecule has 0 spiro atoms. The quantitative estimate of drug-likeness (QED) is 0.819. The fourth-order valence-electron chi connectivity index (χ4n) is 3.09. The van der Waals surface area contributed by atoms with E-state index in [1.165, 1.54) is 0 Å². The molecule has 0 aliphatic carbocycles. The third-order valence-electron chi connectivity index (χ3n) is 4.55. The van der Waals surface area contributed by atoms with Crippen LogP contribution in [-0.4, -0.2) is 19.3 Å². The van der Waals surface area contributed by atoms with Crippen molar-refractivity contribution in [1.29, 1.82) is 0 Å². The zero-order valence-corrected chi connectivity index (χ0v) is 14.9. The van der Waals surface area contributed by atoms with Crippen LogP contribution in [0.4, 0.5) is 0 Å². The van der Waals surface area contributed by atoms with Gasteiger partial charge in [-0.15, -0.1) is 0 Å². The molecule has 1 heterocycles. The summed E-state index contributed by atoms with van der Waals surface area (Å²) < 4.78 is 27.7. The van der Waals surface area contributed by atoms with Gasteiger partial charge in [-0.25, -0.2) is 8.42 Å². The van der Waals surface area contributed by atoms with E-state index >= 15 is 0 Å². The Kier molecular flexibility index (Phi) is 4.50. The van der Waals surface area contributed by atoms with Gasteiger partial charge in [-0.05, 0) is 61.6 Å². The lowest BCUT2D eigenvalue weighted by molar-refractivity contribution is 0.397. The molecule has 2 aromatic rings. The second kappa shape index (κ2) is 6.27. The molecule has 23 heavy (non-hydrogen) atoms. The van der Waals surface area contributed by atoms with Gasteiger partial charge in [0.15, 0.2) is 0 Å². The summed E-state index contributed by atoms with van der Waals surface area (Å²) in [5, 5.41) is 0.625. The minimum Gasteiger partial charge on any atom is -0.207 e. The molecular weight excluding hydrogens is 330 g/mol. The van der Waals surface area contributed by atoms with Gasteiger partial charge in [0.1, 0.15) is 0 Å². The van der Waals surface area contributed by atoms with E-state index in [9.17, 15) is 8.42 Å². The van der Waals surface area contributed by atoms with Gasteiger partial charge in [-0.1, -0.05) is 35.9 Å². The monoisotopic (exact) mass is 349 g/mol. The van der Waals surface area contributed by atoms with Crippen LogP contribution in [0.5, 0.6) is 0 Å². The molecule has 1 fully saturated rings. The van der Waals surface area contributed by atoms with E-state index in [-0.39, 0.29) is 6.04 Å². The van der Waals surface area contributed by atoms with Crippen molar-refractivity contribution in [2.45, 2.75) is 37.6 Å². The average molecular weight is 350 g/mol. The van der Waals surface area contributed by atoms with Crippen LogP contribution in [0.1, 0.15) is 35.6 Å². The van der Waals surface area contributed by atoms with Crippen LogP contribution in [0.25, 0.3) is 0 Å². The maximum absolute atomic E-state index is 13.1. The molecule has 0 saturated carbocycles. The number of aryl methyl sites for hydroxylation is 2. The van der Waals surface area contributed by atoms with Gasteiger partial charge in [0.25, 0.3) is 0 Å². The number of benzene rings is 2. The summed E-state index contributed by atoms with van der Waals surface area (Å²) in [7, 11) is -3.52. The third kappa shape index (κ3) is 3.03. The fraction of sp³-hybridized carbons (Fsp3) is 0.333. The topological polar surface area (TPSA) is 37.4 Å². The Labute approximate surface area is 142 Å². The van der Waals surface area contributed by atoms with Crippen molar-refractivity contribution in [3.8, 4) is 0 Å². The molecule has 122 valence electrons. The molecule has 0 aromatic heterocycles. The number of rotatable bonds is 3. The minimum atomic E-state index is -3.52. The van der Waals surface area contributed by atoms with Crippen molar-refractivity contribution in [3.05, 3.63) is 64.2 Å². The second-order valence-corrected chi connectivity index (χ2v) is 8.34. The molecule has 0 bridgehead atoms.